The second-order valence-corrected chi connectivity index (χ2v) is 4.20. The van der Waals surface area contributed by atoms with Crippen LogP contribution in [0.5, 0.6) is 0 Å². The molecule has 1 aromatic rings. The number of piperidine rings is 1. The van der Waals surface area contributed by atoms with Gasteiger partial charge in [-0.15, -0.1) is 0 Å². The average Bonchev–Trinajstić information content (AvgIpc) is 2.77. The summed E-state index contributed by atoms with van der Waals surface area (Å²) in [5, 5.41) is 3.87. The van der Waals surface area contributed by atoms with Gasteiger partial charge < -0.3 is 9.42 Å². The van der Waals surface area contributed by atoms with E-state index in [1.165, 1.54) is 25.9 Å². The zero-order chi connectivity index (χ0) is 8.89. The third-order valence-electron chi connectivity index (χ3n) is 3.32. The molecule has 13 heavy (non-hydrogen) atoms. The summed E-state index contributed by atoms with van der Waals surface area (Å²) >= 11 is 0. The van der Waals surface area contributed by atoms with Gasteiger partial charge in [0.05, 0.1) is 5.41 Å². The molecule has 0 N–H and O–H groups in total. The van der Waals surface area contributed by atoms with Crippen molar-refractivity contribution in [2.45, 2.75) is 25.2 Å². The van der Waals surface area contributed by atoms with Crippen LogP contribution in [0.3, 0.4) is 0 Å². The number of fused-ring (bicyclic) bond motifs is 2. The molecule has 0 amide bonds. The van der Waals surface area contributed by atoms with E-state index in [0.717, 1.165) is 18.3 Å². The molecule has 3 heterocycles. The van der Waals surface area contributed by atoms with E-state index in [2.05, 4.69) is 15.0 Å². The van der Waals surface area contributed by atoms with Crippen LogP contribution in [0.15, 0.2) is 4.52 Å². The molecule has 1 aromatic heterocycles. The van der Waals surface area contributed by atoms with E-state index in [0.29, 0.717) is 0 Å². The number of aryl methyl sites for hydroxylation is 1. The molecule has 0 atom stereocenters. The summed E-state index contributed by atoms with van der Waals surface area (Å²) in [6.07, 6.45) is 2.38. The van der Waals surface area contributed by atoms with Crippen LogP contribution in [0.1, 0.15) is 24.6 Å². The number of rotatable bonds is 1. The molecular formula is C9H13N3O. The minimum Gasteiger partial charge on any atom is -0.339 e. The second kappa shape index (κ2) is 2.32. The van der Waals surface area contributed by atoms with Crippen molar-refractivity contribution in [3.8, 4) is 0 Å². The molecular weight excluding hydrogens is 166 g/mol. The van der Waals surface area contributed by atoms with Gasteiger partial charge in [-0.1, -0.05) is 5.16 Å². The molecule has 0 unspecified atom stereocenters. The first-order chi connectivity index (χ1) is 6.28. The van der Waals surface area contributed by atoms with Gasteiger partial charge >= 0.3 is 0 Å². The van der Waals surface area contributed by atoms with Crippen LogP contribution in [0.2, 0.25) is 0 Å². The zero-order valence-corrected chi connectivity index (χ0v) is 7.79. The zero-order valence-electron chi connectivity index (χ0n) is 7.79. The summed E-state index contributed by atoms with van der Waals surface area (Å²) in [6.45, 7) is 5.39. The van der Waals surface area contributed by atoms with Crippen molar-refractivity contribution in [2.75, 3.05) is 19.6 Å². The normalized spacial score (nSPS) is 37.2. The first kappa shape index (κ1) is 7.50. The fraction of sp³-hybridized carbons (Fsp3) is 0.778. The predicted molar refractivity (Wildman–Crippen MR) is 46.4 cm³/mol. The molecule has 0 radical (unpaired) electrons. The molecule has 0 aliphatic carbocycles. The summed E-state index contributed by atoms with van der Waals surface area (Å²) in [7, 11) is 0. The molecule has 0 spiro atoms. The van der Waals surface area contributed by atoms with Crippen molar-refractivity contribution in [1.82, 2.24) is 15.0 Å². The molecule has 3 rings (SSSR count). The highest BCUT2D eigenvalue weighted by atomic mass is 16.5. The van der Waals surface area contributed by atoms with Gasteiger partial charge in [-0.2, -0.15) is 4.98 Å². The van der Waals surface area contributed by atoms with Crippen molar-refractivity contribution in [2.24, 2.45) is 0 Å². The van der Waals surface area contributed by atoms with Gasteiger partial charge in [0.25, 0.3) is 0 Å². The van der Waals surface area contributed by atoms with E-state index >= 15 is 0 Å². The first-order valence-corrected chi connectivity index (χ1v) is 4.82. The van der Waals surface area contributed by atoms with E-state index in [9.17, 15) is 0 Å². The summed E-state index contributed by atoms with van der Waals surface area (Å²) in [5.74, 6) is 1.62. The van der Waals surface area contributed by atoms with Crippen LogP contribution in [0, 0.1) is 6.92 Å². The topological polar surface area (TPSA) is 42.2 Å². The summed E-state index contributed by atoms with van der Waals surface area (Å²) in [6, 6.07) is 0. The summed E-state index contributed by atoms with van der Waals surface area (Å²) < 4.78 is 5.28. The smallest absolute Gasteiger partial charge is 0.234 e. The van der Waals surface area contributed by atoms with Crippen molar-refractivity contribution >= 4 is 0 Å². The lowest BCUT2D eigenvalue weighted by Crippen LogP contribution is -2.24. The number of aromatic nitrogens is 2. The first-order valence-electron chi connectivity index (χ1n) is 4.82. The highest BCUT2D eigenvalue weighted by molar-refractivity contribution is 5.14. The lowest BCUT2D eigenvalue weighted by Gasteiger charge is -2.19. The van der Waals surface area contributed by atoms with Gasteiger partial charge in [-0.3, -0.25) is 0 Å². The second-order valence-electron chi connectivity index (χ2n) is 4.20. The van der Waals surface area contributed by atoms with E-state index in [1.54, 1.807) is 0 Å². The third kappa shape index (κ3) is 0.950. The molecule has 4 nitrogen and oxygen atoms in total. The minimum atomic E-state index is 0.210. The highest BCUT2D eigenvalue weighted by Gasteiger charge is 2.48. The summed E-state index contributed by atoms with van der Waals surface area (Å²) in [5.41, 5.74) is 0.210. The lowest BCUT2D eigenvalue weighted by molar-refractivity contribution is 0.290. The van der Waals surface area contributed by atoms with E-state index in [-0.39, 0.29) is 5.41 Å². The monoisotopic (exact) mass is 179 g/mol. The largest absolute Gasteiger partial charge is 0.339 e. The molecule has 70 valence electrons. The van der Waals surface area contributed by atoms with Crippen LogP contribution >= 0.6 is 0 Å². The Labute approximate surface area is 76.9 Å². The maximum atomic E-state index is 5.28. The van der Waals surface area contributed by atoms with Crippen molar-refractivity contribution in [3.05, 3.63) is 11.7 Å². The van der Waals surface area contributed by atoms with Gasteiger partial charge in [0.15, 0.2) is 5.82 Å². The van der Waals surface area contributed by atoms with Crippen LogP contribution < -0.4 is 0 Å². The van der Waals surface area contributed by atoms with Gasteiger partial charge in [-0.05, 0) is 32.9 Å². The molecule has 2 aliphatic rings. The van der Waals surface area contributed by atoms with Crippen molar-refractivity contribution in [1.29, 1.82) is 0 Å². The van der Waals surface area contributed by atoms with Gasteiger partial charge in [0.1, 0.15) is 0 Å². The Morgan fingerprint density at radius 3 is 2.62 bits per heavy atom. The highest BCUT2D eigenvalue weighted by Crippen LogP contribution is 2.42. The van der Waals surface area contributed by atoms with Crippen LogP contribution in [0.25, 0.3) is 0 Å². The lowest BCUT2D eigenvalue weighted by atomic mass is 9.84. The Hall–Kier alpha value is -0.900. The molecule has 2 saturated heterocycles. The molecule has 0 saturated carbocycles. The molecule has 4 heteroatoms. The Balaban J connectivity index is 2.00. The van der Waals surface area contributed by atoms with Crippen LogP contribution in [-0.4, -0.2) is 34.7 Å². The Kier molecular flexibility index (Phi) is 1.34. The van der Waals surface area contributed by atoms with E-state index < -0.39 is 0 Å². The van der Waals surface area contributed by atoms with E-state index in [4.69, 9.17) is 4.52 Å². The summed E-state index contributed by atoms with van der Waals surface area (Å²) in [4.78, 5) is 6.83. The Morgan fingerprint density at radius 2 is 2.15 bits per heavy atom. The fourth-order valence-electron chi connectivity index (χ4n) is 2.52. The molecule has 2 fully saturated rings. The number of hydrogen-bond acceptors (Lipinski definition) is 4. The quantitative estimate of drug-likeness (QED) is 0.637. The SMILES string of the molecule is Cc1noc(C23CCN(CC2)C3)n1. The van der Waals surface area contributed by atoms with Crippen LogP contribution in [-0.2, 0) is 5.41 Å². The van der Waals surface area contributed by atoms with E-state index in [1.807, 2.05) is 6.92 Å². The Bertz CT molecular complexity index is 325. The fourth-order valence-corrected chi connectivity index (χ4v) is 2.52. The molecule has 2 bridgehead atoms. The van der Waals surface area contributed by atoms with Gasteiger partial charge in [-0.25, -0.2) is 0 Å². The minimum absolute atomic E-state index is 0.210. The van der Waals surface area contributed by atoms with Crippen LogP contribution in [0.4, 0.5) is 0 Å². The molecule has 2 aliphatic heterocycles. The predicted octanol–water partition coefficient (Wildman–Crippen LogP) is 0.725. The van der Waals surface area contributed by atoms with Gasteiger partial charge in [0.2, 0.25) is 5.89 Å². The number of nitrogens with zero attached hydrogens (tertiary/aromatic N) is 3. The Morgan fingerprint density at radius 1 is 1.38 bits per heavy atom. The number of hydrogen-bond donors (Lipinski definition) is 0. The maximum absolute atomic E-state index is 5.28. The standard InChI is InChI=1S/C9H13N3O/c1-7-10-8(13-11-7)9-2-4-12(6-9)5-3-9/h2-6H2,1H3. The average molecular weight is 179 g/mol. The maximum Gasteiger partial charge on any atom is 0.234 e. The molecule has 0 aromatic carbocycles. The van der Waals surface area contributed by atoms with Crippen molar-refractivity contribution in [3.63, 3.8) is 0 Å². The van der Waals surface area contributed by atoms with Gasteiger partial charge in [0, 0.05) is 6.54 Å². The third-order valence-corrected chi connectivity index (χ3v) is 3.32. The van der Waals surface area contributed by atoms with Crippen molar-refractivity contribution < 1.29 is 4.52 Å².